The zero-order chi connectivity index (χ0) is 17.0. The van der Waals surface area contributed by atoms with E-state index in [0.717, 1.165) is 18.4 Å². The van der Waals surface area contributed by atoms with Crippen LogP contribution < -0.4 is 10.1 Å². The van der Waals surface area contributed by atoms with Crippen LogP contribution in [0.4, 0.5) is 0 Å². The summed E-state index contributed by atoms with van der Waals surface area (Å²) < 4.78 is 31.4. The molecule has 2 N–H and O–H groups in total. The molecule has 0 fully saturated rings. The number of fused-ring (bicyclic) bond motifs is 1. The second kappa shape index (κ2) is 7.34. The van der Waals surface area contributed by atoms with E-state index < -0.39 is 9.84 Å². The van der Waals surface area contributed by atoms with Gasteiger partial charge in [0.25, 0.3) is 0 Å². The second-order valence-corrected chi connectivity index (χ2v) is 7.74. The molecule has 24 heavy (non-hydrogen) atoms. The Kier molecular flexibility index (Phi) is 5.18. The number of hydrogen-bond donors (Lipinski definition) is 2. The molecule has 2 aromatic carbocycles. The van der Waals surface area contributed by atoms with Crippen molar-refractivity contribution in [3.63, 3.8) is 0 Å². The van der Waals surface area contributed by atoms with E-state index in [1.165, 1.54) is 0 Å². The van der Waals surface area contributed by atoms with Crippen molar-refractivity contribution in [2.45, 2.75) is 28.7 Å². The highest BCUT2D eigenvalue weighted by molar-refractivity contribution is 7.91. The summed E-state index contributed by atoms with van der Waals surface area (Å²) in [5.41, 5.74) is 1.03. The summed E-state index contributed by atoms with van der Waals surface area (Å²) in [5, 5.41) is 11.9. The lowest BCUT2D eigenvalue weighted by Crippen LogP contribution is -2.35. The Balaban J connectivity index is 1.82. The molecule has 1 heterocycles. The topological polar surface area (TPSA) is 75.6 Å². The molecule has 128 valence electrons. The van der Waals surface area contributed by atoms with Crippen LogP contribution in [0.15, 0.2) is 58.3 Å². The highest BCUT2D eigenvalue weighted by atomic mass is 32.2. The molecule has 0 bridgehead atoms. The predicted molar refractivity (Wildman–Crippen MR) is 91.0 cm³/mol. The van der Waals surface area contributed by atoms with Crippen LogP contribution in [0, 0.1) is 0 Å². The summed E-state index contributed by atoms with van der Waals surface area (Å²) in [7, 11) is -3.54. The molecule has 0 aromatic heterocycles. The minimum atomic E-state index is -3.54. The van der Waals surface area contributed by atoms with Gasteiger partial charge in [-0.1, -0.05) is 24.3 Å². The van der Waals surface area contributed by atoms with Gasteiger partial charge in [0.1, 0.15) is 11.9 Å². The first-order valence-corrected chi connectivity index (χ1v) is 9.51. The number of nitrogens with one attached hydrogen (secondary N) is 1. The number of aliphatic hydroxyl groups excluding tert-OH is 1. The largest absolute Gasteiger partial charge is 0.489 e. The number of benzene rings is 2. The SMILES string of the molecule is O=S(=O)(c1ccccc1)c1ccc2c(c1)O[C@@H](CNCCO)CC2. The van der Waals surface area contributed by atoms with Gasteiger partial charge in [0.05, 0.1) is 16.4 Å². The standard InChI is InChI=1S/C18H21NO4S/c20-11-10-19-13-15-8-6-14-7-9-17(12-18(14)23-15)24(21,22)16-4-2-1-3-5-16/h1-5,7,9,12,15,19-20H,6,8,10-11,13H2/t15-/m1/s1. The van der Waals surface area contributed by atoms with Crippen LogP contribution in [0.3, 0.4) is 0 Å². The van der Waals surface area contributed by atoms with Crippen LogP contribution in [0.1, 0.15) is 12.0 Å². The molecule has 5 nitrogen and oxygen atoms in total. The molecule has 0 saturated heterocycles. The Morgan fingerprint density at radius 2 is 1.92 bits per heavy atom. The molecule has 1 aliphatic heterocycles. The van der Waals surface area contributed by atoms with E-state index in [1.54, 1.807) is 42.5 Å². The van der Waals surface area contributed by atoms with Gasteiger partial charge in [-0.15, -0.1) is 0 Å². The Morgan fingerprint density at radius 3 is 2.67 bits per heavy atom. The van der Waals surface area contributed by atoms with Gasteiger partial charge in [0, 0.05) is 13.1 Å². The molecular formula is C18H21NO4S. The van der Waals surface area contributed by atoms with Gasteiger partial charge in [-0.05, 0) is 42.7 Å². The average molecular weight is 347 g/mol. The van der Waals surface area contributed by atoms with Gasteiger partial charge < -0.3 is 15.2 Å². The Labute approximate surface area is 142 Å². The molecule has 0 unspecified atom stereocenters. The molecule has 1 atom stereocenters. The van der Waals surface area contributed by atoms with Gasteiger partial charge in [0.15, 0.2) is 0 Å². The maximum atomic E-state index is 12.7. The van der Waals surface area contributed by atoms with E-state index in [2.05, 4.69) is 5.32 Å². The van der Waals surface area contributed by atoms with Crippen LogP contribution in [0.2, 0.25) is 0 Å². The minimum absolute atomic E-state index is 0.0151. The molecule has 3 rings (SSSR count). The first kappa shape index (κ1) is 17.0. The van der Waals surface area contributed by atoms with E-state index in [4.69, 9.17) is 9.84 Å². The van der Waals surface area contributed by atoms with Gasteiger partial charge in [-0.25, -0.2) is 8.42 Å². The lowest BCUT2D eigenvalue weighted by Gasteiger charge is -2.26. The van der Waals surface area contributed by atoms with Crippen molar-refractivity contribution in [3.8, 4) is 5.75 Å². The zero-order valence-corrected chi connectivity index (χ0v) is 14.1. The highest BCUT2D eigenvalue weighted by Crippen LogP contribution is 2.32. The number of aryl methyl sites for hydroxylation is 1. The fourth-order valence-corrected chi connectivity index (χ4v) is 4.09. The lowest BCUT2D eigenvalue weighted by atomic mass is 10.0. The summed E-state index contributed by atoms with van der Waals surface area (Å²) in [6, 6.07) is 13.5. The number of aliphatic hydroxyl groups is 1. The first-order chi connectivity index (χ1) is 11.6. The maximum Gasteiger partial charge on any atom is 0.206 e. The van der Waals surface area contributed by atoms with Crippen molar-refractivity contribution in [2.24, 2.45) is 0 Å². The fraction of sp³-hybridized carbons (Fsp3) is 0.333. The first-order valence-electron chi connectivity index (χ1n) is 8.02. The highest BCUT2D eigenvalue weighted by Gasteiger charge is 2.23. The lowest BCUT2D eigenvalue weighted by molar-refractivity contribution is 0.167. The summed E-state index contributed by atoms with van der Waals surface area (Å²) in [5.74, 6) is 0.633. The van der Waals surface area contributed by atoms with Crippen molar-refractivity contribution in [1.82, 2.24) is 5.32 Å². The quantitative estimate of drug-likeness (QED) is 0.779. The van der Waals surface area contributed by atoms with Crippen molar-refractivity contribution < 1.29 is 18.3 Å². The summed E-state index contributed by atoms with van der Waals surface area (Å²) >= 11 is 0. The van der Waals surface area contributed by atoms with Crippen LogP contribution in [0.25, 0.3) is 0 Å². The normalized spacial score (nSPS) is 17.1. The molecule has 2 aromatic rings. The fourth-order valence-electron chi connectivity index (χ4n) is 2.79. The third-order valence-electron chi connectivity index (χ3n) is 4.09. The van der Waals surface area contributed by atoms with Crippen molar-refractivity contribution in [3.05, 3.63) is 54.1 Å². The van der Waals surface area contributed by atoms with E-state index in [-0.39, 0.29) is 22.5 Å². The average Bonchev–Trinajstić information content (AvgIpc) is 2.62. The summed E-state index contributed by atoms with van der Waals surface area (Å²) in [6.45, 7) is 1.24. The van der Waals surface area contributed by atoms with Crippen molar-refractivity contribution in [1.29, 1.82) is 0 Å². The maximum absolute atomic E-state index is 12.7. The monoisotopic (exact) mass is 347 g/mol. The van der Waals surface area contributed by atoms with E-state index >= 15 is 0 Å². The van der Waals surface area contributed by atoms with Crippen molar-refractivity contribution >= 4 is 9.84 Å². The second-order valence-electron chi connectivity index (χ2n) is 5.79. The van der Waals surface area contributed by atoms with Gasteiger partial charge >= 0.3 is 0 Å². The van der Waals surface area contributed by atoms with Crippen LogP contribution >= 0.6 is 0 Å². The van der Waals surface area contributed by atoms with Crippen LogP contribution in [-0.4, -0.2) is 39.3 Å². The molecule has 0 radical (unpaired) electrons. The molecule has 6 heteroatoms. The number of hydrogen-bond acceptors (Lipinski definition) is 5. The number of rotatable bonds is 6. The smallest absolute Gasteiger partial charge is 0.206 e. The van der Waals surface area contributed by atoms with Crippen LogP contribution in [-0.2, 0) is 16.3 Å². The van der Waals surface area contributed by atoms with Crippen molar-refractivity contribution in [2.75, 3.05) is 19.7 Å². The van der Waals surface area contributed by atoms with Crippen LogP contribution in [0.5, 0.6) is 5.75 Å². The minimum Gasteiger partial charge on any atom is -0.489 e. The molecule has 1 aliphatic rings. The third-order valence-corrected chi connectivity index (χ3v) is 5.86. The number of ether oxygens (including phenoxy) is 1. The Bertz CT molecular complexity index is 790. The van der Waals surface area contributed by atoms with E-state index in [9.17, 15) is 8.42 Å². The molecule has 0 amide bonds. The van der Waals surface area contributed by atoms with E-state index in [0.29, 0.717) is 18.8 Å². The summed E-state index contributed by atoms with van der Waals surface area (Å²) in [6.07, 6.45) is 1.71. The van der Waals surface area contributed by atoms with Gasteiger partial charge in [0.2, 0.25) is 9.84 Å². The Hall–Kier alpha value is -1.89. The molecule has 0 aliphatic carbocycles. The van der Waals surface area contributed by atoms with E-state index in [1.807, 2.05) is 6.07 Å². The molecule has 0 spiro atoms. The molecular weight excluding hydrogens is 326 g/mol. The number of sulfone groups is 1. The van der Waals surface area contributed by atoms with Gasteiger partial charge in [-0.3, -0.25) is 0 Å². The zero-order valence-electron chi connectivity index (χ0n) is 13.3. The third kappa shape index (κ3) is 3.61. The Morgan fingerprint density at radius 1 is 1.12 bits per heavy atom. The predicted octanol–water partition coefficient (Wildman–Crippen LogP) is 1.79. The van der Waals surface area contributed by atoms with Gasteiger partial charge in [-0.2, -0.15) is 0 Å². The molecule has 0 saturated carbocycles. The summed E-state index contributed by atoms with van der Waals surface area (Å²) in [4.78, 5) is 0.526.